The number of carbonyl (C=O) groups is 1. The fraction of sp³-hybridized carbons (Fsp3) is 0.160. The molecule has 7 heteroatoms. The Kier molecular flexibility index (Phi) is 6.44. The Bertz CT molecular complexity index is 1190. The van der Waals surface area contributed by atoms with Gasteiger partial charge in [0.2, 0.25) is 0 Å². The lowest BCUT2D eigenvalue weighted by Gasteiger charge is -2.30. The second-order valence-corrected chi connectivity index (χ2v) is 7.21. The van der Waals surface area contributed by atoms with Gasteiger partial charge in [-0.3, -0.25) is 14.9 Å². The van der Waals surface area contributed by atoms with Crippen LogP contribution < -0.4 is 10.2 Å². The topological polar surface area (TPSA) is 84.7 Å². The molecule has 0 unspecified atom stereocenters. The highest BCUT2D eigenvalue weighted by Gasteiger charge is 2.22. The number of nitro benzene ring substituents is 1. The Hall–Kier alpha value is -4.15. The van der Waals surface area contributed by atoms with Gasteiger partial charge in [0.1, 0.15) is 0 Å². The summed E-state index contributed by atoms with van der Waals surface area (Å²) in [4.78, 5) is 25.9. The van der Waals surface area contributed by atoms with Gasteiger partial charge in [0.15, 0.2) is 0 Å². The van der Waals surface area contributed by atoms with Crippen LogP contribution in [-0.2, 0) is 4.74 Å². The lowest BCUT2D eigenvalue weighted by atomic mass is 10.1. The first kappa shape index (κ1) is 21.1. The van der Waals surface area contributed by atoms with Crippen LogP contribution in [0.3, 0.4) is 0 Å². The number of non-ortho nitro benzene ring substituents is 1. The molecule has 1 saturated heterocycles. The molecule has 0 aromatic heterocycles. The summed E-state index contributed by atoms with van der Waals surface area (Å²) < 4.78 is 5.38. The fourth-order valence-corrected chi connectivity index (χ4v) is 3.44. The fourth-order valence-electron chi connectivity index (χ4n) is 3.44. The maximum atomic E-state index is 13.1. The number of anilines is 2. The minimum atomic E-state index is -0.500. The average molecular weight is 427 g/mol. The van der Waals surface area contributed by atoms with Crippen LogP contribution in [-0.4, -0.2) is 37.1 Å². The van der Waals surface area contributed by atoms with Crippen molar-refractivity contribution in [1.82, 2.24) is 0 Å². The molecule has 1 amide bonds. The third-order valence-electron chi connectivity index (χ3n) is 5.03. The molecular weight excluding hydrogens is 406 g/mol. The number of nitrogens with one attached hydrogen (secondary N) is 1. The van der Waals surface area contributed by atoms with Crippen molar-refractivity contribution >= 4 is 23.0 Å². The van der Waals surface area contributed by atoms with E-state index >= 15 is 0 Å². The Labute approximate surface area is 185 Å². The highest BCUT2D eigenvalue weighted by molar-refractivity contribution is 6.08. The first-order chi connectivity index (χ1) is 15.6. The monoisotopic (exact) mass is 427 g/mol. The van der Waals surface area contributed by atoms with Crippen molar-refractivity contribution in [2.45, 2.75) is 0 Å². The summed E-state index contributed by atoms with van der Waals surface area (Å²) >= 11 is 0. The number of hydrogen-bond acceptors (Lipinski definition) is 5. The van der Waals surface area contributed by atoms with Crippen molar-refractivity contribution in [1.29, 1.82) is 0 Å². The highest BCUT2D eigenvalue weighted by atomic mass is 16.6. The first-order valence-corrected chi connectivity index (χ1v) is 10.2. The van der Waals surface area contributed by atoms with E-state index in [9.17, 15) is 14.9 Å². The molecule has 0 spiro atoms. The lowest BCUT2D eigenvalue weighted by Crippen LogP contribution is -2.37. The number of rotatable bonds is 4. The Morgan fingerprint density at radius 3 is 2.41 bits per heavy atom. The molecule has 1 aliphatic rings. The number of nitro groups is 1. The van der Waals surface area contributed by atoms with E-state index < -0.39 is 10.8 Å². The average Bonchev–Trinajstić information content (AvgIpc) is 2.84. The van der Waals surface area contributed by atoms with Gasteiger partial charge in [-0.05, 0) is 36.4 Å². The molecule has 4 rings (SSSR count). The van der Waals surface area contributed by atoms with E-state index in [0.717, 1.165) is 11.1 Å². The summed E-state index contributed by atoms with van der Waals surface area (Å²) in [6.45, 7) is 2.31. The normalized spacial score (nSPS) is 13.1. The van der Waals surface area contributed by atoms with Crippen molar-refractivity contribution in [3.63, 3.8) is 0 Å². The van der Waals surface area contributed by atoms with Crippen molar-refractivity contribution in [3.8, 4) is 11.8 Å². The summed E-state index contributed by atoms with van der Waals surface area (Å²) in [5.41, 5.74) is 2.98. The second-order valence-electron chi connectivity index (χ2n) is 7.21. The van der Waals surface area contributed by atoms with Gasteiger partial charge in [0.25, 0.3) is 11.6 Å². The number of amides is 1. The van der Waals surface area contributed by atoms with Gasteiger partial charge in [-0.25, -0.2) is 0 Å². The Morgan fingerprint density at radius 2 is 1.66 bits per heavy atom. The maximum Gasteiger partial charge on any atom is 0.270 e. The molecule has 0 atom stereocenters. The Morgan fingerprint density at radius 1 is 0.938 bits per heavy atom. The number of benzene rings is 3. The number of hydrogen-bond donors (Lipinski definition) is 1. The first-order valence-electron chi connectivity index (χ1n) is 10.2. The minimum Gasteiger partial charge on any atom is -0.378 e. The summed E-state index contributed by atoms with van der Waals surface area (Å²) in [6.07, 6.45) is 0. The molecular formula is C25H21N3O4. The van der Waals surface area contributed by atoms with E-state index in [1.54, 1.807) is 24.3 Å². The van der Waals surface area contributed by atoms with Gasteiger partial charge in [-0.15, -0.1) is 0 Å². The molecule has 1 heterocycles. The van der Waals surface area contributed by atoms with E-state index in [4.69, 9.17) is 4.74 Å². The van der Waals surface area contributed by atoms with Crippen LogP contribution in [0.5, 0.6) is 0 Å². The summed E-state index contributed by atoms with van der Waals surface area (Å²) in [7, 11) is 0. The number of ether oxygens (including phenoxy) is 1. The highest BCUT2D eigenvalue weighted by Crippen LogP contribution is 2.27. The molecule has 7 nitrogen and oxygen atoms in total. The van der Waals surface area contributed by atoms with Gasteiger partial charge in [-0.1, -0.05) is 36.1 Å². The maximum absolute atomic E-state index is 13.1. The van der Waals surface area contributed by atoms with Gasteiger partial charge in [0.05, 0.1) is 29.4 Å². The summed E-state index contributed by atoms with van der Waals surface area (Å²) in [5.74, 6) is 5.76. The van der Waals surface area contributed by atoms with Gasteiger partial charge in [0, 0.05) is 42.0 Å². The van der Waals surface area contributed by atoms with E-state index in [2.05, 4.69) is 17.2 Å². The van der Waals surface area contributed by atoms with Crippen LogP contribution in [0.2, 0.25) is 0 Å². The molecule has 1 N–H and O–H groups in total. The zero-order valence-corrected chi connectivity index (χ0v) is 17.3. The van der Waals surface area contributed by atoms with Gasteiger partial charge in [-0.2, -0.15) is 0 Å². The predicted octanol–water partition coefficient (Wildman–Crippen LogP) is 4.08. The van der Waals surface area contributed by atoms with Crippen molar-refractivity contribution in [3.05, 3.63) is 99.6 Å². The van der Waals surface area contributed by atoms with Crippen LogP contribution in [0.4, 0.5) is 17.1 Å². The summed E-state index contributed by atoms with van der Waals surface area (Å²) in [5, 5.41) is 14.1. The second kappa shape index (κ2) is 9.77. The smallest absolute Gasteiger partial charge is 0.270 e. The van der Waals surface area contributed by atoms with Crippen molar-refractivity contribution in [2.24, 2.45) is 0 Å². The molecule has 1 fully saturated rings. The molecule has 32 heavy (non-hydrogen) atoms. The van der Waals surface area contributed by atoms with Crippen molar-refractivity contribution in [2.75, 3.05) is 36.5 Å². The molecule has 0 radical (unpaired) electrons. The molecule has 160 valence electrons. The Balaban J connectivity index is 1.59. The molecule has 0 aliphatic carbocycles. The van der Waals surface area contributed by atoms with E-state index in [1.165, 1.54) is 12.1 Å². The molecule has 3 aromatic carbocycles. The largest absolute Gasteiger partial charge is 0.378 e. The molecule has 0 saturated carbocycles. The number of morpholine rings is 1. The molecule has 0 bridgehead atoms. The van der Waals surface area contributed by atoms with Gasteiger partial charge >= 0.3 is 0 Å². The number of carbonyl (C=O) groups excluding carboxylic acids is 1. The standard InChI is InChI=1S/C25H21N3O4/c29-25(23-18-22(28(30)31)11-12-24(23)27-13-15-32-16-14-27)26-21-8-4-7-20(17-21)10-9-19-5-2-1-3-6-19/h1-8,11-12,17-18H,13-16H2,(H,26,29). The van der Waals surface area contributed by atoms with Crippen LogP contribution >= 0.6 is 0 Å². The SMILES string of the molecule is O=C(Nc1cccc(C#Cc2ccccc2)c1)c1cc([N+](=O)[O-])ccc1N1CCOCC1. The predicted molar refractivity (Wildman–Crippen MR) is 123 cm³/mol. The van der Waals surface area contributed by atoms with Crippen LogP contribution in [0.15, 0.2) is 72.8 Å². The molecule has 3 aromatic rings. The van der Waals surface area contributed by atoms with Crippen LogP contribution in [0.1, 0.15) is 21.5 Å². The summed E-state index contributed by atoms with van der Waals surface area (Å²) in [6, 6.07) is 21.2. The zero-order chi connectivity index (χ0) is 22.3. The zero-order valence-electron chi connectivity index (χ0n) is 17.3. The van der Waals surface area contributed by atoms with E-state index in [1.807, 2.05) is 41.3 Å². The van der Waals surface area contributed by atoms with Crippen molar-refractivity contribution < 1.29 is 14.5 Å². The third kappa shape index (κ3) is 5.12. The van der Waals surface area contributed by atoms with E-state index in [-0.39, 0.29) is 11.3 Å². The van der Waals surface area contributed by atoms with Crippen LogP contribution in [0, 0.1) is 22.0 Å². The lowest BCUT2D eigenvalue weighted by molar-refractivity contribution is -0.384. The van der Waals surface area contributed by atoms with Gasteiger partial charge < -0.3 is 15.0 Å². The minimum absolute atomic E-state index is 0.130. The quantitative estimate of drug-likeness (QED) is 0.385. The third-order valence-corrected chi connectivity index (χ3v) is 5.03. The van der Waals surface area contributed by atoms with Crippen LogP contribution in [0.25, 0.3) is 0 Å². The van der Waals surface area contributed by atoms with E-state index in [0.29, 0.717) is 37.7 Å². The molecule has 1 aliphatic heterocycles. The number of nitrogens with zero attached hydrogens (tertiary/aromatic N) is 2.